The second kappa shape index (κ2) is 6.23. The summed E-state index contributed by atoms with van der Waals surface area (Å²) in [4.78, 5) is 2.45. The van der Waals surface area contributed by atoms with Gasteiger partial charge in [0.25, 0.3) is 0 Å². The molecule has 2 aromatic rings. The second-order valence-corrected chi connectivity index (χ2v) is 7.13. The predicted octanol–water partition coefficient (Wildman–Crippen LogP) is 3.78. The Bertz CT molecular complexity index is 757. The minimum Gasteiger partial charge on any atom is -0.497 e. The first-order valence-electron chi connectivity index (χ1n) is 8.82. The van der Waals surface area contributed by atoms with E-state index in [1.807, 2.05) is 18.2 Å². The van der Waals surface area contributed by atoms with E-state index in [1.54, 1.807) is 7.11 Å². The SMILES string of the molecule is C=C[C@@H]1CN2CC[C@H]1C[C@H]2[C@@H](O)c1cccc2ccc(OC)cc12. The maximum Gasteiger partial charge on any atom is 0.119 e. The van der Waals surface area contributed by atoms with Crippen LogP contribution in [0, 0.1) is 11.8 Å². The van der Waals surface area contributed by atoms with Crippen LogP contribution in [0.4, 0.5) is 0 Å². The Morgan fingerprint density at radius 3 is 2.92 bits per heavy atom. The molecule has 1 unspecified atom stereocenters. The van der Waals surface area contributed by atoms with Crippen molar-refractivity contribution in [1.29, 1.82) is 0 Å². The topological polar surface area (TPSA) is 32.7 Å². The second-order valence-electron chi connectivity index (χ2n) is 7.13. The molecule has 0 saturated carbocycles. The predicted molar refractivity (Wildman–Crippen MR) is 97.2 cm³/mol. The van der Waals surface area contributed by atoms with Gasteiger partial charge in [-0.05, 0) is 59.7 Å². The Morgan fingerprint density at radius 2 is 2.21 bits per heavy atom. The van der Waals surface area contributed by atoms with Crippen LogP contribution in [0.15, 0.2) is 49.1 Å². The van der Waals surface area contributed by atoms with E-state index in [2.05, 4.69) is 35.8 Å². The molecule has 2 aromatic carbocycles. The number of benzene rings is 2. The third-order valence-electron chi connectivity index (χ3n) is 5.96. The molecule has 3 aliphatic rings. The van der Waals surface area contributed by atoms with E-state index < -0.39 is 6.10 Å². The molecule has 3 nitrogen and oxygen atoms in total. The fraction of sp³-hybridized carbons (Fsp3) is 0.429. The van der Waals surface area contributed by atoms with E-state index in [9.17, 15) is 5.11 Å². The van der Waals surface area contributed by atoms with Gasteiger partial charge >= 0.3 is 0 Å². The Kier molecular flexibility index (Phi) is 4.07. The van der Waals surface area contributed by atoms with Crippen LogP contribution in [0.3, 0.4) is 0 Å². The van der Waals surface area contributed by atoms with Gasteiger partial charge in [0.15, 0.2) is 0 Å². The monoisotopic (exact) mass is 323 g/mol. The Hall–Kier alpha value is -1.84. The molecule has 2 bridgehead atoms. The first-order chi connectivity index (χ1) is 11.7. The molecule has 5 atom stereocenters. The van der Waals surface area contributed by atoms with E-state index in [0.29, 0.717) is 11.8 Å². The van der Waals surface area contributed by atoms with Crippen molar-refractivity contribution in [1.82, 2.24) is 4.90 Å². The molecule has 24 heavy (non-hydrogen) atoms. The molecular formula is C21H25NO2. The lowest BCUT2D eigenvalue weighted by Crippen LogP contribution is -2.54. The normalized spacial score (nSPS) is 30.2. The van der Waals surface area contributed by atoms with Crippen LogP contribution < -0.4 is 4.74 Å². The van der Waals surface area contributed by atoms with E-state index in [1.165, 1.54) is 6.42 Å². The molecule has 0 spiro atoms. The van der Waals surface area contributed by atoms with Crippen LogP contribution >= 0.6 is 0 Å². The molecule has 0 radical (unpaired) electrons. The van der Waals surface area contributed by atoms with Gasteiger partial charge in [-0.1, -0.05) is 30.3 Å². The Morgan fingerprint density at radius 1 is 1.33 bits per heavy atom. The number of ether oxygens (including phenoxy) is 1. The number of nitrogens with zero attached hydrogens (tertiary/aromatic N) is 1. The third-order valence-corrected chi connectivity index (χ3v) is 5.96. The van der Waals surface area contributed by atoms with Crippen LogP contribution in [0.25, 0.3) is 10.8 Å². The van der Waals surface area contributed by atoms with Crippen molar-refractivity contribution < 1.29 is 9.84 Å². The van der Waals surface area contributed by atoms with Gasteiger partial charge in [-0.2, -0.15) is 0 Å². The molecule has 126 valence electrons. The first kappa shape index (κ1) is 15.7. The molecule has 5 rings (SSSR count). The molecule has 3 heteroatoms. The average molecular weight is 323 g/mol. The summed E-state index contributed by atoms with van der Waals surface area (Å²) in [5.74, 6) is 2.07. The first-order valence-corrected chi connectivity index (χ1v) is 8.82. The molecule has 0 amide bonds. The summed E-state index contributed by atoms with van der Waals surface area (Å²) in [6, 6.07) is 12.5. The number of methoxy groups -OCH3 is 1. The van der Waals surface area contributed by atoms with Crippen molar-refractivity contribution in [2.75, 3.05) is 20.2 Å². The maximum absolute atomic E-state index is 11.2. The highest BCUT2D eigenvalue weighted by molar-refractivity contribution is 5.87. The lowest BCUT2D eigenvalue weighted by atomic mass is 9.73. The Balaban J connectivity index is 1.69. The molecule has 3 aliphatic heterocycles. The minimum absolute atomic E-state index is 0.205. The number of hydrogen-bond donors (Lipinski definition) is 1. The summed E-state index contributed by atoms with van der Waals surface area (Å²) < 4.78 is 5.38. The zero-order valence-electron chi connectivity index (χ0n) is 14.2. The van der Waals surface area contributed by atoms with Gasteiger partial charge in [0.05, 0.1) is 13.2 Å². The van der Waals surface area contributed by atoms with Crippen LogP contribution in [0.5, 0.6) is 5.75 Å². The largest absolute Gasteiger partial charge is 0.497 e. The fourth-order valence-corrected chi connectivity index (χ4v) is 4.57. The van der Waals surface area contributed by atoms with Crippen LogP contribution in [-0.2, 0) is 0 Å². The molecule has 1 N–H and O–H groups in total. The summed E-state index contributed by atoms with van der Waals surface area (Å²) in [6.45, 7) is 6.11. The summed E-state index contributed by atoms with van der Waals surface area (Å²) in [6.07, 6.45) is 3.92. The summed E-state index contributed by atoms with van der Waals surface area (Å²) in [7, 11) is 1.68. The van der Waals surface area contributed by atoms with E-state index in [0.717, 1.165) is 41.6 Å². The van der Waals surface area contributed by atoms with E-state index in [-0.39, 0.29) is 6.04 Å². The van der Waals surface area contributed by atoms with Gasteiger partial charge in [-0.3, -0.25) is 4.90 Å². The maximum atomic E-state index is 11.2. The molecular weight excluding hydrogens is 298 g/mol. The van der Waals surface area contributed by atoms with Crippen LogP contribution in [0.2, 0.25) is 0 Å². The van der Waals surface area contributed by atoms with E-state index in [4.69, 9.17) is 4.74 Å². The highest BCUT2D eigenvalue weighted by atomic mass is 16.5. The molecule has 3 heterocycles. The number of aliphatic hydroxyl groups is 1. The highest BCUT2D eigenvalue weighted by Gasteiger charge is 2.42. The van der Waals surface area contributed by atoms with Crippen molar-refractivity contribution in [3.05, 3.63) is 54.6 Å². The number of aliphatic hydroxyl groups excluding tert-OH is 1. The number of piperidine rings is 3. The minimum atomic E-state index is -0.464. The zero-order chi connectivity index (χ0) is 16.7. The lowest BCUT2D eigenvalue weighted by Gasteiger charge is -2.50. The van der Waals surface area contributed by atoms with Gasteiger partial charge in [0.2, 0.25) is 0 Å². The van der Waals surface area contributed by atoms with Crippen molar-refractivity contribution in [3.63, 3.8) is 0 Å². The highest BCUT2D eigenvalue weighted by Crippen LogP contribution is 2.42. The zero-order valence-corrected chi connectivity index (χ0v) is 14.2. The van der Waals surface area contributed by atoms with Crippen molar-refractivity contribution in [3.8, 4) is 5.75 Å². The Labute approximate surface area is 143 Å². The smallest absolute Gasteiger partial charge is 0.119 e. The van der Waals surface area contributed by atoms with E-state index >= 15 is 0 Å². The fourth-order valence-electron chi connectivity index (χ4n) is 4.57. The summed E-state index contributed by atoms with van der Waals surface area (Å²) in [5, 5.41) is 13.4. The molecule has 0 aromatic heterocycles. The third kappa shape index (κ3) is 2.52. The number of hydrogen-bond acceptors (Lipinski definition) is 3. The average Bonchev–Trinajstić information content (AvgIpc) is 2.66. The lowest BCUT2D eigenvalue weighted by molar-refractivity contribution is -0.0444. The number of fused-ring (bicyclic) bond motifs is 4. The van der Waals surface area contributed by atoms with Crippen LogP contribution in [-0.4, -0.2) is 36.2 Å². The van der Waals surface area contributed by atoms with Gasteiger partial charge in [-0.15, -0.1) is 6.58 Å². The van der Waals surface area contributed by atoms with Gasteiger partial charge in [0.1, 0.15) is 5.75 Å². The molecule has 3 saturated heterocycles. The summed E-state index contributed by atoms with van der Waals surface area (Å²) in [5.41, 5.74) is 1.01. The quantitative estimate of drug-likeness (QED) is 0.869. The van der Waals surface area contributed by atoms with Gasteiger partial charge < -0.3 is 9.84 Å². The number of rotatable bonds is 4. The molecule has 3 fully saturated rings. The van der Waals surface area contributed by atoms with Crippen LogP contribution in [0.1, 0.15) is 24.5 Å². The standard InChI is InChI=1S/C21H25NO2/c1-3-14-13-22-10-9-16(14)11-20(22)21(23)18-6-4-5-15-7-8-17(24-2)12-19(15)18/h3-8,12,14,16,20-21,23H,1,9-11,13H2,2H3/t14-,16+,20+,21+/m1/s1. The van der Waals surface area contributed by atoms with Crippen molar-refractivity contribution >= 4 is 10.8 Å². The van der Waals surface area contributed by atoms with Gasteiger partial charge in [0, 0.05) is 12.6 Å². The van der Waals surface area contributed by atoms with Crippen molar-refractivity contribution in [2.45, 2.75) is 25.0 Å². The van der Waals surface area contributed by atoms with Gasteiger partial charge in [-0.25, -0.2) is 0 Å². The van der Waals surface area contributed by atoms with Crippen molar-refractivity contribution in [2.24, 2.45) is 11.8 Å². The summed E-state index contributed by atoms with van der Waals surface area (Å²) >= 11 is 0. The molecule has 0 aliphatic carbocycles.